The molecule has 142 valence electrons. The van der Waals surface area contributed by atoms with E-state index < -0.39 is 34.9 Å². The summed E-state index contributed by atoms with van der Waals surface area (Å²) in [5.41, 5.74) is -0.387. The Labute approximate surface area is 158 Å². The summed E-state index contributed by atoms with van der Waals surface area (Å²) in [6.45, 7) is -0.456. The number of nitrogens with zero attached hydrogens (tertiary/aromatic N) is 2. The number of amides is 1. The molecule has 2 aromatic rings. The minimum Gasteiger partial charge on any atom is -0.469 e. The number of carbonyl (C=O) groups excluding carboxylic acids is 2. The van der Waals surface area contributed by atoms with Crippen LogP contribution in [0.3, 0.4) is 0 Å². The number of benzene rings is 1. The van der Waals surface area contributed by atoms with E-state index in [1.165, 1.54) is 7.11 Å². The summed E-state index contributed by atoms with van der Waals surface area (Å²) >= 11 is 6.14. The third-order valence-electron chi connectivity index (χ3n) is 3.71. The van der Waals surface area contributed by atoms with Gasteiger partial charge in [0.2, 0.25) is 5.91 Å². The van der Waals surface area contributed by atoms with Crippen molar-refractivity contribution in [3.05, 3.63) is 73.6 Å². The summed E-state index contributed by atoms with van der Waals surface area (Å²) in [5.74, 6) is -1.18. The second-order valence-electron chi connectivity index (χ2n) is 5.53. The van der Waals surface area contributed by atoms with Gasteiger partial charge in [0.1, 0.15) is 6.54 Å². The zero-order valence-corrected chi connectivity index (χ0v) is 15.0. The van der Waals surface area contributed by atoms with Gasteiger partial charge in [-0.3, -0.25) is 29.1 Å². The van der Waals surface area contributed by atoms with Gasteiger partial charge in [-0.1, -0.05) is 29.8 Å². The lowest BCUT2D eigenvalue weighted by atomic mass is 10.0. The van der Waals surface area contributed by atoms with Gasteiger partial charge < -0.3 is 10.1 Å². The van der Waals surface area contributed by atoms with Gasteiger partial charge in [0.25, 0.3) is 11.2 Å². The van der Waals surface area contributed by atoms with Crippen molar-refractivity contribution in [1.29, 1.82) is 0 Å². The first-order valence-electron chi connectivity index (χ1n) is 7.77. The van der Waals surface area contributed by atoms with Crippen LogP contribution in [0.2, 0.25) is 5.02 Å². The van der Waals surface area contributed by atoms with Gasteiger partial charge in [0.15, 0.2) is 0 Å². The van der Waals surface area contributed by atoms with Crippen LogP contribution >= 0.6 is 11.6 Å². The number of aromatic nitrogens is 1. The third-order valence-corrected chi connectivity index (χ3v) is 4.05. The molecule has 0 aliphatic carbocycles. The Hall–Kier alpha value is -3.20. The first-order valence-corrected chi connectivity index (χ1v) is 8.15. The van der Waals surface area contributed by atoms with E-state index in [9.17, 15) is 24.5 Å². The number of pyridine rings is 1. The van der Waals surface area contributed by atoms with E-state index in [-0.39, 0.29) is 12.1 Å². The molecule has 0 saturated heterocycles. The monoisotopic (exact) mass is 393 g/mol. The number of nitro groups is 1. The molecule has 1 aromatic carbocycles. The van der Waals surface area contributed by atoms with Crippen LogP contribution in [0.1, 0.15) is 18.0 Å². The standard InChI is InChI=1S/C17H16ClN3O6/c1-27-17(24)8-14(12-4-2-3-5-13(12)18)19-15(22)10-20-9-11(21(25)26)6-7-16(20)23/h2-7,9,14H,8,10H2,1H3,(H,19,22). The number of nitrogens with one attached hydrogen (secondary N) is 1. The maximum absolute atomic E-state index is 12.4. The Balaban J connectivity index is 2.22. The van der Waals surface area contributed by atoms with Crippen LogP contribution in [-0.2, 0) is 20.9 Å². The highest BCUT2D eigenvalue weighted by atomic mass is 35.5. The molecule has 0 aliphatic heterocycles. The van der Waals surface area contributed by atoms with Crippen LogP contribution in [0.15, 0.2) is 47.4 Å². The van der Waals surface area contributed by atoms with Gasteiger partial charge in [0, 0.05) is 17.2 Å². The van der Waals surface area contributed by atoms with Crippen molar-refractivity contribution in [2.75, 3.05) is 7.11 Å². The molecule has 9 nitrogen and oxygen atoms in total. The summed E-state index contributed by atoms with van der Waals surface area (Å²) in [6, 6.07) is 7.93. The fraction of sp³-hybridized carbons (Fsp3) is 0.235. The van der Waals surface area contributed by atoms with E-state index in [0.717, 1.165) is 22.9 Å². The zero-order chi connectivity index (χ0) is 20.0. The Morgan fingerprint density at radius 2 is 2.00 bits per heavy atom. The number of hydrogen-bond donors (Lipinski definition) is 1. The molecule has 10 heteroatoms. The average molecular weight is 394 g/mol. The molecule has 0 radical (unpaired) electrons. The molecule has 1 amide bonds. The Morgan fingerprint density at radius 1 is 1.30 bits per heavy atom. The minimum absolute atomic E-state index is 0.171. The summed E-state index contributed by atoms with van der Waals surface area (Å²) in [5, 5.41) is 13.8. The van der Waals surface area contributed by atoms with Gasteiger partial charge in [-0.15, -0.1) is 0 Å². The van der Waals surface area contributed by atoms with Crippen LogP contribution in [0.5, 0.6) is 0 Å². The Bertz CT molecular complexity index is 927. The first kappa shape index (κ1) is 20.1. The number of halogens is 1. The second kappa shape index (κ2) is 8.95. The maximum Gasteiger partial charge on any atom is 0.307 e. The third kappa shape index (κ3) is 5.38. The van der Waals surface area contributed by atoms with Crippen molar-refractivity contribution in [2.45, 2.75) is 19.0 Å². The number of methoxy groups -OCH3 is 1. The van der Waals surface area contributed by atoms with E-state index in [1.807, 2.05) is 0 Å². The number of esters is 1. The van der Waals surface area contributed by atoms with Crippen molar-refractivity contribution >= 4 is 29.2 Å². The van der Waals surface area contributed by atoms with E-state index >= 15 is 0 Å². The molecule has 1 heterocycles. The summed E-state index contributed by atoms with van der Waals surface area (Å²) in [4.78, 5) is 46.0. The molecule has 0 spiro atoms. The van der Waals surface area contributed by atoms with E-state index in [0.29, 0.717) is 10.6 Å². The molecule has 27 heavy (non-hydrogen) atoms. The van der Waals surface area contributed by atoms with Gasteiger partial charge in [-0.2, -0.15) is 0 Å². The molecule has 1 N–H and O–H groups in total. The van der Waals surface area contributed by atoms with Gasteiger partial charge in [-0.05, 0) is 11.6 Å². The molecule has 0 aliphatic rings. The van der Waals surface area contributed by atoms with Crippen LogP contribution in [0.25, 0.3) is 0 Å². The lowest BCUT2D eigenvalue weighted by Crippen LogP contribution is -2.35. The summed E-state index contributed by atoms with van der Waals surface area (Å²) in [6.07, 6.45) is 0.808. The number of carbonyl (C=O) groups is 2. The number of hydrogen-bond acceptors (Lipinski definition) is 6. The fourth-order valence-electron chi connectivity index (χ4n) is 2.39. The summed E-state index contributed by atoms with van der Waals surface area (Å²) in [7, 11) is 1.22. The molecular weight excluding hydrogens is 378 g/mol. The Morgan fingerprint density at radius 3 is 2.63 bits per heavy atom. The smallest absolute Gasteiger partial charge is 0.307 e. The lowest BCUT2D eigenvalue weighted by Gasteiger charge is -2.19. The van der Waals surface area contributed by atoms with Crippen LogP contribution in [0.4, 0.5) is 5.69 Å². The highest BCUT2D eigenvalue weighted by molar-refractivity contribution is 6.31. The predicted molar refractivity (Wildman–Crippen MR) is 96.3 cm³/mol. The zero-order valence-electron chi connectivity index (χ0n) is 14.3. The average Bonchev–Trinajstić information content (AvgIpc) is 2.63. The molecule has 0 fully saturated rings. The largest absolute Gasteiger partial charge is 0.469 e. The van der Waals surface area contributed by atoms with Crippen molar-refractivity contribution in [3.8, 4) is 0 Å². The molecular formula is C17H16ClN3O6. The van der Waals surface area contributed by atoms with Gasteiger partial charge >= 0.3 is 5.97 Å². The molecule has 0 saturated carbocycles. The van der Waals surface area contributed by atoms with Crippen LogP contribution < -0.4 is 10.9 Å². The molecule has 0 bridgehead atoms. The van der Waals surface area contributed by atoms with Crippen LogP contribution in [-0.4, -0.2) is 28.5 Å². The van der Waals surface area contributed by atoms with E-state index in [4.69, 9.17) is 11.6 Å². The number of ether oxygens (including phenoxy) is 1. The van der Waals surface area contributed by atoms with Crippen molar-refractivity contribution in [2.24, 2.45) is 0 Å². The highest BCUT2D eigenvalue weighted by Gasteiger charge is 2.21. The molecule has 2 rings (SSSR count). The SMILES string of the molecule is COC(=O)CC(NC(=O)Cn1cc([N+](=O)[O-])ccc1=O)c1ccccc1Cl. The van der Waals surface area contributed by atoms with Crippen LogP contribution in [0, 0.1) is 10.1 Å². The summed E-state index contributed by atoms with van der Waals surface area (Å²) < 4.78 is 5.55. The maximum atomic E-state index is 12.4. The van der Waals surface area contributed by atoms with Gasteiger partial charge in [0.05, 0.1) is 30.7 Å². The fourth-order valence-corrected chi connectivity index (χ4v) is 2.66. The van der Waals surface area contributed by atoms with Crippen molar-refractivity contribution in [1.82, 2.24) is 9.88 Å². The normalized spacial score (nSPS) is 11.5. The minimum atomic E-state index is -0.784. The quantitative estimate of drug-likeness (QED) is 0.435. The molecule has 1 unspecified atom stereocenters. The molecule has 1 atom stereocenters. The predicted octanol–water partition coefficient (Wildman–Crippen LogP) is 1.83. The molecule has 1 aromatic heterocycles. The van der Waals surface area contributed by atoms with Crippen molar-refractivity contribution in [3.63, 3.8) is 0 Å². The Kier molecular flexibility index (Phi) is 6.67. The van der Waals surface area contributed by atoms with E-state index in [1.54, 1.807) is 24.3 Å². The van der Waals surface area contributed by atoms with Gasteiger partial charge in [-0.25, -0.2) is 0 Å². The lowest BCUT2D eigenvalue weighted by molar-refractivity contribution is -0.385. The topological polar surface area (TPSA) is 121 Å². The number of rotatable bonds is 7. The highest BCUT2D eigenvalue weighted by Crippen LogP contribution is 2.25. The van der Waals surface area contributed by atoms with E-state index in [2.05, 4.69) is 10.1 Å². The van der Waals surface area contributed by atoms with Crippen molar-refractivity contribution < 1.29 is 19.2 Å². The second-order valence-corrected chi connectivity index (χ2v) is 5.94. The first-order chi connectivity index (χ1) is 12.8.